The number of carbonyl (C=O) groups excluding carboxylic acids is 1. The number of likely N-dealkylation sites (tertiary alicyclic amines) is 1. The Morgan fingerprint density at radius 1 is 1.22 bits per heavy atom. The number of allylic oxidation sites excluding steroid dienone is 1. The Balaban J connectivity index is 2.25. The number of hydrogen-bond donors (Lipinski definition) is 1. The normalized spacial score (nSPS) is 19.5. The van der Waals surface area contributed by atoms with Gasteiger partial charge in [-0.3, -0.25) is 9.59 Å². The number of aliphatic carboxylic acids is 1. The number of carbonyl (C=O) groups is 2. The maximum Gasteiger partial charge on any atom is 0.417 e. The molecule has 1 aliphatic rings. The summed E-state index contributed by atoms with van der Waals surface area (Å²) in [6.45, 7) is 0.198. The van der Waals surface area contributed by atoms with Crippen LogP contribution >= 0.6 is 0 Å². The van der Waals surface area contributed by atoms with Crippen LogP contribution in [0.3, 0.4) is 0 Å². The molecule has 1 saturated heterocycles. The Kier molecular flexibility index (Phi) is 5.08. The lowest BCUT2D eigenvalue weighted by Gasteiger charge is -2.30. The van der Waals surface area contributed by atoms with Gasteiger partial charge in [-0.25, -0.2) is 0 Å². The maximum atomic E-state index is 13.2. The second-order valence-corrected chi connectivity index (χ2v) is 5.38. The van der Waals surface area contributed by atoms with E-state index in [1.807, 2.05) is 0 Å². The molecule has 0 radical (unpaired) electrons. The van der Waals surface area contributed by atoms with Gasteiger partial charge >= 0.3 is 12.1 Å². The molecule has 0 aromatic heterocycles. The van der Waals surface area contributed by atoms with Crippen LogP contribution in [0.4, 0.5) is 13.2 Å². The van der Waals surface area contributed by atoms with E-state index in [1.165, 1.54) is 24.3 Å². The van der Waals surface area contributed by atoms with Gasteiger partial charge < -0.3 is 10.0 Å². The number of carboxylic acids is 1. The summed E-state index contributed by atoms with van der Waals surface area (Å²) in [6, 6.07) is 7.06. The van der Waals surface area contributed by atoms with Crippen molar-refractivity contribution in [3.8, 4) is 0 Å². The second-order valence-electron chi connectivity index (χ2n) is 5.38. The van der Waals surface area contributed by atoms with Crippen molar-refractivity contribution in [1.29, 1.82) is 0 Å². The van der Waals surface area contributed by atoms with E-state index in [4.69, 9.17) is 5.11 Å². The first-order valence-electron chi connectivity index (χ1n) is 7.15. The maximum absolute atomic E-state index is 13.2. The molecule has 7 heteroatoms. The van der Waals surface area contributed by atoms with Gasteiger partial charge in [0.05, 0.1) is 11.5 Å². The number of piperidine rings is 1. The minimum Gasteiger partial charge on any atom is -0.481 e. The molecule has 124 valence electrons. The SMILES string of the molecule is O=C(O)C1CCCN(C(=O)/C=C(/c2ccccc2)C(F)(F)F)C1. The van der Waals surface area contributed by atoms with Crippen LogP contribution in [0.15, 0.2) is 36.4 Å². The van der Waals surface area contributed by atoms with E-state index in [2.05, 4.69) is 0 Å². The highest BCUT2D eigenvalue weighted by Gasteiger charge is 2.36. The summed E-state index contributed by atoms with van der Waals surface area (Å²) in [7, 11) is 0. The van der Waals surface area contributed by atoms with E-state index in [1.54, 1.807) is 6.07 Å². The molecule has 0 saturated carbocycles. The van der Waals surface area contributed by atoms with Gasteiger partial charge in [0, 0.05) is 19.2 Å². The quantitative estimate of drug-likeness (QED) is 0.869. The summed E-state index contributed by atoms with van der Waals surface area (Å²) < 4.78 is 39.6. The van der Waals surface area contributed by atoms with E-state index < -0.39 is 29.5 Å². The number of carboxylic acid groups (broad SMARTS) is 1. The third kappa shape index (κ3) is 4.34. The first-order valence-corrected chi connectivity index (χ1v) is 7.15. The Bertz CT molecular complexity index is 611. The number of hydrogen-bond acceptors (Lipinski definition) is 2. The number of halogens is 3. The van der Waals surface area contributed by atoms with Crippen molar-refractivity contribution in [3.05, 3.63) is 42.0 Å². The lowest BCUT2D eigenvalue weighted by atomic mass is 9.98. The third-order valence-corrected chi connectivity index (χ3v) is 3.74. The van der Waals surface area contributed by atoms with Crippen LogP contribution in [0.2, 0.25) is 0 Å². The van der Waals surface area contributed by atoms with Crippen molar-refractivity contribution in [3.63, 3.8) is 0 Å². The molecule has 1 unspecified atom stereocenters. The first kappa shape index (κ1) is 17.1. The van der Waals surface area contributed by atoms with Crippen molar-refractivity contribution in [2.24, 2.45) is 5.92 Å². The third-order valence-electron chi connectivity index (χ3n) is 3.74. The van der Waals surface area contributed by atoms with Gasteiger partial charge in [-0.1, -0.05) is 30.3 Å². The van der Waals surface area contributed by atoms with Gasteiger partial charge in [0.15, 0.2) is 0 Å². The predicted molar refractivity (Wildman–Crippen MR) is 77.4 cm³/mol. The summed E-state index contributed by atoms with van der Waals surface area (Å²) in [5.74, 6) is -2.58. The summed E-state index contributed by atoms with van der Waals surface area (Å²) in [5, 5.41) is 8.99. The Morgan fingerprint density at radius 3 is 2.43 bits per heavy atom. The lowest BCUT2D eigenvalue weighted by Crippen LogP contribution is -2.41. The molecular weight excluding hydrogens is 311 g/mol. The Morgan fingerprint density at radius 2 is 1.87 bits per heavy atom. The largest absolute Gasteiger partial charge is 0.481 e. The molecule has 1 N–H and O–H groups in total. The molecule has 1 aromatic carbocycles. The average molecular weight is 327 g/mol. The molecule has 23 heavy (non-hydrogen) atoms. The number of benzene rings is 1. The van der Waals surface area contributed by atoms with Gasteiger partial charge in [0.2, 0.25) is 5.91 Å². The fraction of sp³-hybridized carbons (Fsp3) is 0.375. The standard InChI is InChI=1S/C16H16F3NO3/c17-16(18,19)13(11-5-2-1-3-6-11)9-14(21)20-8-4-7-12(10-20)15(22)23/h1-3,5-6,9,12H,4,7-8,10H2,(H,22,23)/b13-9-. The zero-order chi connectivity index (χ0) is 17.0. The van der Waals surface area contributed by atoms with Crippen LogP contribution in [-0.4, -0.2) is 41.1 Å². The summed E-state index contributed by atoms with van der Waals surface area (Å²) in [4.78, 5) is 24.3. The average Bonchev–Trinajstić information content (AvgIpc) is 2.52. The van der Waals surface area contributed by atoms with E-state index >= 15 is 0 Å². The van der Waals surface area contributed by atoms with Crippen LogP contribution in [0.1, 0.15) is 18.4 Å². The minimum absolute atomic E-state index is 0.0649. The molecule has 1 heterocycles. The van der Waals surface area contributed by atoms with E-state index in [0.717, 1.165) is 4.90 Å². The molecule has 2 rings (SSSR count). The topological polar surface area (TPSA) is 57.6 Å². The van der Waals surface area contributed by atoms with Crippen LogP contribution in [-0.2, 0) is 9.59 Å². The fourth-order valence-electron chi connectivity index (χ4n) is 2.54. The molecular formula is C16H16F3NO3. The monoisotopic (exact) mass is 327 g/mol. The number of nitrogens with zero attached hydrogens (tertiary/aromatic N) is 1. The fourth-order valence-corrected chi connectivity index (χ4v) is 2.54. The van der Waals surface area contributed by atoms with Gasteiger partial charge in [-0.15, -0.1) is 0 Å². The van der Waals surface area contributed by atoms with Gasteiger partial charge in [-0.2, -0.15) is 13.2 Å². The molecule has 0 spiro atoms. The van der Waals surface area contributed by atoms with Crippen molar-refractivity contribution in [2.45, 2.75) is 19.0 Å². The second kappa shape index (κ2) is 6.85. The molecule has 1 aliphatic heterocycles. The van der Waals surface area contributed by atoms with Crippen molar-refractivity contribution < 1.29 is 27.9 Å². The zero-order valence-corrected chi connectivity index (χ0v) is 12.2. The van der Waals surface area contributed by atoms with Crippen molar-refractivity contribution in [1.82, 2.24) is 4.90 Å². The highest BCUT2D eigenvalue weighted by molar-refractivity contribution is 5.96. The van der Waals surface area contributed by atoms with Crippen LogP contribution in [0, 0.1) is 5.92 Å². The zero-order valence-electron chi connectivity index (χ0n) is 12.2. The van der Waals surface area contributed by atoms with Gasteiger partial charge in [0.25, 0.3) is 0 Å². The molecule has 4 nitrogen and oxygen atoms in total. The smallest absolute Gasteiger partial charge is 0.417 e. The molecule has 1 aromatic rings. The number of rotatable bonds is 3. The van der Waals surface area contributed by atoms with E-state index in [9.17, 15) is 22.8 Å². The lowest BCUT2D eigenvalue weighted by molar-refractivity contribution is -0.144. The van der Waals surface area contributed by atoms with Crippen LogP contribution in [0.5, 0.6) is 0 Å². The van der Waals surface area contributed by atoms with Crippen molar-refractivity contribution >= 4 is 17.4 Å². The molecule has 0 bridgehead atoms. The summed E-state index contributed by atoms with van der Waals surface area (Å²) in [6.07, 6.45) is -3.23. The minimum atomic E-state index is -4.67. The van der Waals surface area contributed by atoms with Crippen molar-refractivity contribution in [2.75, 3.05) is 13.1 Å². The van der Waals surface area contributed by atoms with Crippen LogP contribution in [0.25, 0.3) is 5.57 Å². The molecule has 1 fully saturated rings. The number of amides is 1. The molecule has 1 amide bonds. The molecule has 1 atom stereocenters. The predicted octanol–water partition coefficient (Wildman–Crippen LogP) is 2.96. The van der Waals surface area contributed by atoms with Gasteiger partial charge in [-0.05, 0) is 18.4 Å². The molecule has 0 aliphatic carbocycles. The summed E-state index contributed by atoms with van der Waals surface area (Å²) >= 11 is 0. The van der Waals surface area contributed by atoms with E-state index in [-0.39, 0.29) is 18.7 Å². The first-order chi connectivity index (χ1) is 10.8. The van der Waals surface area contributed by atoms with Gasteiger partial charge in [0.1, 0.15) is 0 Å². The summed E-state index contributed by atoms with van der Waals surface area (Å²) in [5.41, 5.74) is -1.12. The Labute approximate surface area is 131 Å². The van der Waals surface area contributed by atoms with Crippen LogP contribution < -0.4 is 0 Å². The van der Waals surface area contributed by atoms with E-state index in [0.29, 0.717) is 18.9 Å². The highest BCUT2D eigenvalue weighted by atomic mass is 19.4. The highest BCUT2D eigenvalue weighted by Crippen LogP contribution is 2.34. The Hall–Kier alpha value is -2.31. The number of alkyl halides is 3.